The van der Waals surface area contributed by atoms with Crippen molar-refractivity contribution in [2.45, 2.75) is 44.6 Å². The van der Waals surface area contributed by atoms with Crippen LogP contribution in [0.25, 0.3) is 0 Å². The molecule has 1 saturated heterocycles. The third kappa shape index (κ3) is 2.52. The minimum Gasteiger partial charge on any atom is -0.468 e. The van der Waals surface area contributed by atoms with Gasteiger partial charge in [-0.25, -0.2) is 0 Å². The third-order valence-electron chi connectivity index (χ3n) is 3.82. The van der Waals surface area contributed by atoms with Crippen LogP contribution in [0.2, 0.25) is 0 Å². The number of carbonyl (C=O) groups excluding carboxylic acids is 4. The Morgan fingerprint density at radius 3 is 2.37 bits per heavy atom. The first kappa shape index (κ1) is 13.7. The number of hydrogen-bond donors (Lipinski definition) is 0. The lowest BCUT2D eigenvalue weighted by atomic mass is 9.88. The van der Waals surface area contributed by atoms with Gasteiger partial charge in [0.15, 0.2) is 0 Å². The Morgan fingerprint density at radius 2 is 1.79 bits per heavy atom. The Labute approximate surface area is 111 Å². The van der Waals surface area contributed by atoms with Gasteiger partial charge in [-0.2, -0.15) is 0 Å². The Bertz CT molecular complexity index is 425. The van der Waals surface area contributed by atoms with Crippen molar-refractivity contribution in [3.05, 3.63) is 0 Å². The van der Waals surface area contributed by atoms with E-state index in [9.17, 15) is 19.2 Å². The summed E-state index contributed by atoms with van der Waals surface area (Å²) in [5.74, 6) is -4.18. The molecule has 2 rings (SSSR count). The van der Waals surface area contributed by atoms with Crippen molar-refractivity contribution in [3.63, 3.8) is 0 Å². The summed E-state index contributed by atoms with van der Waals surface area (Å²) in [6.45, 7) is 0. The van der Waals surface area contributed by atoms with E-state index < -0.39 is 29.5 Å². The monoisotopic (exact) mass is 267 g/mol. The van der Waals surface area contributed by atoms with Crippen LogP contribution in [0.15, 0.2) is 0 Å². The molecule has 1 atom stereocenters. The summed E-state index contributed by atoms with van der Waals surface area (Å²) in [6, 6.07) is -0.184. The van der Waals surface area contributed by atoms with Crippen LogP contribution in [-0.4, -0.2) is 41.6 Å². The van der Waals surface area contributed by atoms with Crippen LogP contribution >= 0.6 is 0 Å². The van der Waals surface area contributed by atoms with Gasteiger partial charge in [0, 0.05) is 12.5 Å². The molecule has 0 aromatic carbocycles. The molecule has 0 radical (unpaired) electrons. The van der Waals surface area contributed by atoms with Crippen LogP contribution in [-0.2, 0) is 23.9 Å². The van der Waals surface area contributed by atoms with Gasteiger partial charge in [-0.3, -0.25) is 24.1 Å². The Kier molecular flexibility index (Phi) is 3.97. The summed E-state index contributed by atoms with van der Waals surface area (Å²) in [7, 11) is 1.14. The van der Waals surface area contributed by atoms with Crippen LogP contribution in [0, 0.1) is 5.92 Å². The van der Waals surface area contributed by atoms with Crippen molar-refractivity contribution < 1.29 is 23.9 Å². The third-order valence-corrected chi connectivity index (χ3v) is 3.82. The molecule has 6 heteroatoms. The number of Topliss-reactive ketones (excluding diaryl/α,β-unsaturated/α-hetero) is 1. The first-order valence-electron chi connectivity index (χ1n) is 6.54. The SMILES string of the molecule is COC(=O)[C@@H]1CC(=O)N(C2CCCCC2)C(=O)C1=O. The average Bonchev–Trinajstić information content (AvgIpc) is 2.43. The summed E-state index contributed by atoms with van der Waals surface area (Å²) < 4.78 is 4.45. The number of ether oxygens (including phenoxy) is 1. The minimum absolute atomic E-state index is 0.184. The van der Waals surface area contributed by atoms with Crippen LogP contribution in [0.1, 0.15) is 38.5 Å². The van der Waals surface area contributed by atoms with Crippen molar-refractivity contribution in [1.29, 1.82) is 0 Å². The number of nitrogens with zero attached hydrogens (tertiary/aromatic N) is 1. The van der Waals surface area contributed by atoms with Gasteiger partial charge < -0.3 is 4.74 Å². The van der Waals surface area contributed by atoms with Gasteiger partial charge in [0.05, 0.1) is 7.11 Å². The van der Waals surface area contributed by atoms with Gasteiger partial charge in [-0.1, -0.05) is 19.3 Å². The summed E-state index contributed by atoms with van der Waals surface area (Å²) in [5, 5.41) is 0. The summed E-state index contributed by atoms with van der Waals surface area (Å²) >= 11 is 0. The van der Waals surface area contributed by atoms with E-state index in [2.05, 4.69) is 4.74 Å². The molecular weight excluding hydrogens is 250 g/mol. The second-order valence-corrected chi connectivity index (χ2v) is 5.00. The van der Waals surface area contributed by atoms with Crippen molar-refractivity contribution >= 4 is 23.6 Å². The molecule has 0 aromatic heterocycles. The van der Waals surface area contributed by atoms with Crippen molar-refractivity contribution in [3.8, 4) is 0 Å². The van der Waals surface area contributed by atoms with Gasteiger partial charge in [-0.05, 0) is 12.8 Å². The number of ketones is 1. The van der Waals surface area contributed by atoms with E-state index in [1.165, 1.54) is 0 Å². The largest absolute Gasteiger partial charge is 0.468 e. The Balaban J connectivity index is 2.16. The van der Waals surface area contributed by atoms with Crippen LogP contribution < -0.4 is 0 Å². The molecule has 2 amide bonds. The topological polar surface area (TPSA) is 80.8 Å². The molecule has 2 fully saturated rings. The van der Waals surface area contributed by atoms with E-state index in [4.69, 9.17) is 0 Å². The van der Waals surface area contributed by atoms with Crippen molar-refractivity contribution in [2.24, 2.45) is 5.92 Å². The summed E-state index contributed by atoms with van der Waals surface area (Å²) in [4.78, 5) is 48.4. The molecular formula is C13H17NO5. The van der Waals surface area contributed by atoms with E-state index in [-0.39, 0.29) is 12.5 Å². The molecule has 0 aromatic rings. The number of methoxy groups -OCH3 is 1. The van der Waals surface area contributed by atoms with E-state index in [1.54, 1.807) is 0 Å². The molecule has 6 nitrogen and oxygen atoms in total. The number of hydrogen-bond acceptors (Lipinski definition) is 5. The lowest BCUT2D eigenvalue weighted by Gasteiger charge is -2.35. The molecule has 0 bridgehead atoms. The van der Waals surface area contributed by atoms with Gasteiger partial charge in [0.25, 0.3) is 5.91 Å². The zero-order valence-corrected chi connectivity index (χ0v) is 10.9. The standard InChI is InChI=1S/C13H17NO5/c1-19-13(18)9-7-10(15)14(12(17)11(9)16)8-5-3-2-4-6-8/h8-9H,2-7H2,1H3/t9-/m1/s1. The van der Waals surface area contributed by atoms with Crippen molar-refractivity contribution in [1.82, 2.24) is 4.90 Å². The summed E-state index contributed by atoms with van der Waals surface area (Å²) in [6.07, 6.45) is 4.23. The maximum Gasteiger partial charge on any atom is 0.317 e. The maximum absolute atomic E-state index is 12.0. The molecule has 1 saturated carbocycles. The first-order chi connectivity index (χ1) is 9.06. The lowest BCUT2D eigenvalue weighted by molar-refractivity contribution is -0.167. The van der Waals surface area contributed by atoms with Gasteiger partial charge in [0.2, 0.25) is 11.7 Å². The number of carbonyl (C=O) groups is 4. The summed E-state index contributed by atoms with van der Waals surface area (Å²) in [5.41, 5.74) is 0. The predicted molar refractivity (Wildman–Crippen MR) is 63.9 cm³/mol. The zero-order valence-electron chi connectivity index (χ0n) is 10.9. The number of amides is 2. The fourth-order valence-electron chi connectivity index (χ4n) is 2.79. The average molecular weight is 267 g/mol. The highest BCUT2D eigenvalue weighted by Gasteiger charge is 2.46. The molecule has 2 aliphatic rings. The fraction of sp³-hybridized carbons (Fsp3) is 0.692. The van der Waals surface area contributed by atoms with Gasteiger partial charge >= 0.3 is 5.97 Å². The number of rotatable bonds is 2. The second kappa shape index (κ2) is 5.50. The number of esters is 1. The van der Waals surface area contributed by atoms with Crippen molar-refractivity contribution in [2.75, 3.05) is 7.11 Å². The van der Waals surface area contributed by atoms with Crippen LogP contribution in [0.3, 0.4) is 0 Å². The van der Waals surface area contributed by atoms with Crippen LogP contribution in [0.5, 0.6) is 0 Å². The number of likely N-dealkylation sites (tertiary alicyclic amines) is 1. The van der Waals surface area contributed by atoms with E-state index >= 15 is 0 Å². The molecule has 1 aliphatic carbocycles. The molecule has 0 spiro atoms. The normalized spacial score (nSPS) is 25.6. The van der Waals surface area contributed by atoms with Gasteiger partial charge in [0.1, 0.15) is 5.92 Å². The second-order valence-electron chi connectivity index (χ2n) is 5.00. The first-order valence-corrected chi connectivity index (χ1v) is 6.54. The Hall–Kier alpha value is -1.72. The van der Waals surface area contributed by atoms with Gasteiger partial charge in [-0.15, -0.1) is 0 Å². The van der Waals surface area contributed by atoms with Crippen LogP contribution in [0.4, 0.5) is 0 Å². The lowest BCUT2D eigenvalue weighted by Crippen LogP contribution is -2.55. The Morgan fingerprint density at radius 1 is 1.16 bits per heavy atom. The van der Waals surface area contributed by atoms with E-state index in [0.717, 1.165) is 44.1 Å². The minimum atomic E-state index is -1.26. The number of imide groups is 1. The molecule has 0 N–H and O–H groups in total. The molecule has 104 valence electrons. The highest BCUT2D eigenvalue weighted by Crippen LogP contribution is 2.27. The van der Waals surface area contributed by atoms with E-state index in [1.807, 2.05) is 0 Å². The van der Waals surface area contributed by atoms with E-state index in [0.29, 0.717) is 0 Å². The molecule has 1 heterocycles. The fourth-order valence-corrected chi connectivity index (χ4v) is 2.79. The maximum atomic E-state index is 12.0. The predicted octanol–water partition coefficient (Wildman–Crippen LogP) is 0.436. The zero-order chi connectivity index (χ0) is 14.0. The molecule has 19 heavy (non-hydrogen) atoms. The number of piperidine rings is 1. The quantitative estimate of drug-likeness (QED) is 0.314. The molecule has 0 unspecified atom stereocenters. The highest BCUT2D eigenvalue weighted by atomic mass is 16.5. The highest BCUT2D eigenvalue weighted by molar-refractivity contribution is 6.44. The smallest absolute Gasteiger partial charge is 0.317 e. The molecule has 1 aliphatic heterocycles.